The maximum absolute atomic E-state index is 12.5. The fraction of sp³-hybridized carbons (Fsp3) is 0.433. The molecule has 2 aromatic rings. The van der Waals surface area contributed by atoms with Crippen molar-refractivity contribution in [1.29, 1.82) is 0 Å². The van der Waals surface area contributed by atoms with Crippen LogP contribution in [-0.4, -0.2) is 25.1 Å². The van der Waals surface area contributed by atoms with E-state index in [0.29, 0.717) is 5.92 Å². The highest BCUT2D eigenvalue weighted by molar-refractivity contribution is 6.98. The maximum Gasteiger partial charge on any atom is 0.258 e. The molecule has 0 bridgehead atoms. The van der Waals surface area contributed by atoms with E-state index in [2.05, 4.69) is 55.6 Å². The lowest BCUT2D eigenvalue weighted by Gasteiger charge is -2.43. The number of nitrogens with two attached hydrogens (primary N) is 1. The van der Waals surface area contributed by atoms with Crippen molar-refractivity contribution in [3.05, 3.63) is 85.1 Å². The molecule has 35 heavy (non-hydrogen) atoms. The topological polar surface area (TPSA) is 75.4 Å². The van der Waals surface area contributed by atoms with Crippen LogP contribution in [0.2, 0.25) is 5.04 Å². The van der Waals surface area contributed by atoms with Crippen LogP contribution >= 0.6 is 0 Å². The second-order valence-electron chi connectivity index (χ2n) is 11.2. The lowest BCUT2D eigenvalue weighted by Crippen LogP contribution is -2.65. The molecule has 0 radical (unpaired) electrons. The Hall–Kier alpha value is -2.47. The summed E-state index contributed by atoms with van der Waals surface area (Å²) in [5.41, 5.74) is 5.77. The Morgan fingerprint density at radius 1 is 0.943 bits per heavy atom. The molecule has 0 unspecified atom stereocenters. The lowest BCUT2D eigenvalue weighted by atomic mass is 9.87. The zero-order chi connectivity index (χ0) is 26.1. The minimum atomic E-state index is -3.07. The summed E-state index contributed by atoms with van der Waals surface area (Å²) in [6, 6.07) is 19.7. The molecule has 0 aliphatic rings. The summed E-state index contributed by atoms with van der Waals surface area (Å²) in [6.07, 6.45) is 10.6. The highest BCUT2D eigenvalue weighted by atomic mass is 28.4. The van der Waals surface area contributed by atoms with E-state index in [4.69, 9.17) is 5.73 Å². The van der Waals surface area contributed by atoms with E-state index in [-0.39, 0.29) is 16.4 Å². The van der Waals surface area contributed by atoms with Crippen molar-refractivity contribution in [3.8, 4) is 0 Å². The van der Waals surface area contributed by atoms with Crippen molar-refractivity contribution in [3.63, 3.8) is 0 Å². The number of hydrogen-bond acceptors (Lipinski definition) is 3. The van der Waals surface area contributed by atoms with Gasteiger partial charge in [-0.25, -0.2) is 0 Å². The average molecular weight is 493 g/mol. The van der Waals surface area contributed by atoms with Gasteiger partial charge in [0.25, 0.3) is 8.32 Å². The summed E-state index contributed by atoms with van der Waals surface area (Å²) in [5, 5.41) is 4.57. The SMILES string of the molecule is C/C=C\C[C@@H](C/C=C\NC(=O)[C@@H](N)C(C)(C)C)CC(C)(C)[Si](O)(c1ccccc1)c1ccccc1. The number of allylic oxidation sites excluding steroid dienone is 3. The number of rotatable bonds is 11. The first-order chi connectivity index (χ1) is 16.4. The summed E-state index contributed by atoms with van der Waals surface area (Å²) < 4.78 is 0. The molecule has 0 saturated heterocycles. The molecule has 0 saturated carbocycles. The molecule has 0 aromatic heterocycles. The quantitative estimate of drug-likeness (QED) is 0.309. The Morgan fingerprint density at radius 3 is 1.89 bits per heavy atom. The van der Waals surface area contributed by atoms with E-state index in [1.807, 2.05) is 70.2 Å². The van der Waals surface area contributed by atoms with Crippen LogP contribution in [0.3, 0.4) is 0 Å². The van der Waals surface area contributed by atoms with Gasteiger partial charge in [0.15, 0.2) is 0 Å². The van der Waals surface area contributed by atoms with Gasteiger partial charge in [-0.2, -0.15) is 0 Å². The van der Waals surface area contributed by atoms with E-state index in [0.717, 1.165) is 29.6 Å². The molecule has 5 heteroatoms. The van der Waals surface area contributed by atoms with E-state index >= 15 is 0 Å². The molecule has 190 valence electrons. The molecule has 2 rings (SSSR count). The first-order valence-corrected chi connectivity index (χ1v) is 14.5. The van der Waals surface area contributed by atoms with Crippen molar-refractivity contribution in [1.82, 2.24) is 5.32 Å². The monoisotopic (exact) mass is 492 g/mol. The van der Waals surface area contributed by atoms with Gasteiger partial charge in [0, 0.05) is 0 Å². The largest absolute Gasteiger partial charge is 0.424 e. The summed E-state index contributed by atoms with van der Waals surface area (Å²) in [4.78, 5) is 24.8. The smallest absolute Gasteiger partial charge is 0.258 e. The molecule has 0 spiro atoms. The Labute approximate surface area is 213 Å². The van der Waals surface area contributed by atoms with Gasteiger partial charge in [0.1, 0.15) is 0 Å². The van der Waals surface area contributed by atoms with Crippen molar-refractivity contribution in [2.45, 2.75) is 71.9 Å². The second-order valence-corrected chi connectivity index (χ2v) is 15.1. The van der Waals surface area contributed by atoms with Crippen molar-refractivity contribution in [2.75, 3.05) is 0 Å². The van der Waals surface area contributed by atoms with Crippen LogP contribution in [0.15, 0.2) is 85.1 Å². The van der Waals surface area contributed by atoms with Gasteiger partial charge in [-0.05, 0) is 59.1 Å². The van der Waals surface area contributed by atoms with Gasteiger partial charge in [-0.1, -0.05) is 114 Å². The van der Waals surface area contributed by atoms with E-state index in [1.54, 1.807) is 6.20 Å². The Morgan fingerprint density at radius 2 is 1.43 bits per heavy atom. The van der Waals surface area contributed by atoms with Gasteiger partial charge in [0.05, 0.1) is 6.04 Å². The first-order valence-electron chi connectivity index (χ1n) is 12.6. The predicted octanol–water partition coefficient (Wildman–Crippen LogP) is 4.88. The molecular formula is C30H44N2O2Si. The molecule has 0 heterocycles. The minimum absolute atomic E-state index is 0.172. The number of hydrogen-bond donors (Lipinski definition) is 3. The van der Waals surface area contributed by atoms with E-state index < -0.39 is 14.4 Å². The van der Waals surface area contributed by atoms with E-state index in [9.17, 15) is 9.59 Å². The van der Waals surface area contributed by atoms with Gasteiger partial charge in [0.2, 0.25) is 5.91 Å². The van der Waals surface area contributed by atoms with Gasteiger partial charge < -0.3 is 15.8 Å². The predicted molar refractivity (Wildman–Crippen MR) is 151 cm³/mol. The third-order valence-corrected chi connectivity index (χ3v) is 11.4. The summed E-state index contributed by atoms with van der Waals surface area (Å²) in [7, 11) is -3.07. The van der Waals surface area contributed by atoms with Gasteiger partial charge in [-0.15, -0.1) is 0 Å². The Kier molecular flexibility index (Phi) is 10.3. The lowest BCUT2D eigenvalue weighted by molar-refractivity contribution is -0.123. The van der Waals surface area contributed by atoms with Crippen LogP contribution in [0.25, 0.3) is 0 Å². The zero-order valence-corrected chi connectivity index (χ0v) is 23.3. The van der Waals surface area contributed by atoms with Crippen LogP contribution in [-0.2, 0) is 4.79 Å². The molecule has 2 atom stereocenters. The average Bonchev–Trinajstić information content (AvgIpc) is 2.84. The van der Waals surface area contributed by atoms with Crippen LogP contribution in [0, 0.1) is 11.3 Å². The van der Waals surface area contributed by atoms with Crippen LogP contribution in [0.4, 0.5) is 0 Å². The molecule has 4 N–H and O–H groups in total. The maximum atomic E-state index is 12.5. The zero-order valence-electron chi connectivity index (χ0n) is 22.3. The fourth-order valence-corrected chi connectivity index (χ4v) is 8.48. The van der Waals surface area contributed by atoms with Crippen molar-refractivity contribution >= 4 is 24.6 Å². The van der Waals surface area contributed by atoms with Gasteiger partial charge in [-0.3, -0.25) is 4.79 Å². The van der Waals surface area contributed by atoms with Crippen LogP contribution < -0.4 is 21.4 Å². The Bertz CT molecular complexity index is 939. The highest BCUT2D eigenvalue weighted by Crippen LogP contribution is 2.43. The normalized spacial score (nSPS) is 14.9. The fourth-order valence-electron chi connectivity index (χ4n) is 4.65. The second kappa shape index (κ2) is 12.5. The minimum Gasteiger partial charge on any atom is -0.424 e. The molecule has 0 aliphatic carbocycles. The number of amides is 1. The van der Waals surface area contributed by atoms with Crippen molar-refractivity contribution < 1.29 is 9.59 Å². The third kappa shape index (κ3) is 7.50. The number of carbonyl (C=O) groups excluding carboxylic acids is 1. The standard InChI is InChI=1S/C30H44N2O2Si/c1-7-8-16-24(17-15-22-32-28(33)27(31)29(2,3)4)23-30(5,6)35(34,25-18-11-9-12-19-25)26-20-13-10-14-21-26/h7-15,18-22,24,27,34H,16-17,23,31H2,1-6H3,(H,32,33)/b8-7-,22-15-/t24-,27+/m0/s1. The van der Waals surface area contributed by atoms with E-state index in [1.165, 1.54) is 0 Å². The molecule has 0 aliphatic heterocycles. The molecule has 2 aromatic carbocycles. The summed E-state index contributed by atoms with van der Waals surface area (Å²) in [5.74, 6) is 0.145. The number of nitrogens with one attached hydrogen (secondary N) is 1. The molecule has 0 fully saturated rings. The highest BCUT2D eigenvalue weighted by Gasteiger charge is 2.50. The molecular weight excluding hydrogens is 448 g/mol. The number of carbonyl (C=O) groups is 1. The summed E-state index contributed by atoms with van der Waals surface area (Å²) >= 11 is 0. The summed E-state index contributed by atoms with van der Waals surface area (Å²) in [6.45, 7) is 12.3. The van der Waals surface area contributed by atoms with Gasteiger partial charge >= 0.3 is 0 Å². The van der Waals surface area contributed by atoms with Crippen LogP contribution in [0.5, 0.6) is 0 Å². The third-order valence-electron chi connectivity index (χ3n) is 6.90. The molecule has 1 amide bonds. The first kappa shape index (κ1) is 28.8. The van der Waals surface area contributed by atoms with Crippen molar-refractivity contribution in [2.24, 2.45) is 17.1 Å². The van der Waals surface area contributed by atoms with Crippen LogP contribution in [0.1, 0.15) is 60.8 Å². The Balaban J connectivity index is 2.26. The number of benzene rings is 2. The molecule has 4 nitrogen and oxygen atoms in total.